The van der Waals surface area contributed by atoms with E-state index >= 15 is 4.39 Å². The maximum absolute atomic E-state index is 15.1. The lowest BCUT2D eigenvalue weighted by Gasteiger charge is -2.29. The summed E-state index contributed by atoms with van der Waals surface area (Å²) < 4.78 is 56.1. The van der Waals surface area contributed by atoms with Gasteiger partial charge in [-0.1, -0.05) is 19.1 Å². The Morgan fingerprint density at radius 1 is 1.11 bits per heavy atom. The van der Waals surface area contributed by atoms with E-state index in [0.717, 1.165) is 24.6 Å². The maximum atomic E-state index is 15.1. The van der Waals surface area contributed by atoms with Gasteiger partial charge in [-0.25, -0.2) is 9.18 Å². The zero-order valence-electron chi connectivity index (χ0n) is 21.0. The largest absolute Gasteiger partial charge is 0.419 e. The van der Waals surface area contributed by atoms with Gasteiger partial charge in [0.05, 0.1) is 11.3 Å². The smallest absolute Gasteiger partial charge is 0.361 e. The minimum absolute atomic E-state index is 0.0776. The van der Waals surface area contributed by atoms with Crippen LogP contribution in [0.2, 0.25) is 0 Å². The summed E-state index contributed by atoms with van der Waals surface area (Å²) in [6.45, 7) is 4.20. The first kappa shape index (κ1) is 27.6. The molecule has 2 aromatic rings. The lowest BCUT2D eigenvalue weighted by molar-refractivity contribution is -0.140. The van der Waals surface area contributed by atoms with E-state index in [9.17, 15) is 18.0 Å². The molecule has 0 radical (unpaired) electrons. The molecule has 2 aromatic carbocycles. The summed E-state index contributed by atoms with van der Waals surface area (Å²) in [4.78, 5) is 14.2. The van der Waals surface area contributed by atoms with E-state index in [-0.39, 0.29) is 30.1 Å². The topological polar surface area (TPSA) is 108 Å². The van der Waals surface area contributed by atoms with E-state index in [1.54, 1.807) is 24.4 Å². The number of carbonyl (C=O) groups is 1. The van der Waals surface area contributed by atoms with Gasteiger partial charge >= 0.3 is 12.2 Å². The Hall–Kier alpha value is -3.41. The first-order chi connectivity index (χ1) is 18.1. The van der Waals surface area contributed by atoms with Crippen LogP contribution in [0.15, 0.2) is 54.2 Å². The predicted molar refractivity (Wildman–Crippen MR) is 139 cm³/mol. The number of urea groups is 1. The average molecular weight is 533 g/mol. The molecule has 7 N–H and O–H groups in total. The highest BCUT2D eigenvalue weighted by Crippen LogP contribution is 2.37. The molecule has 11 heteroatoms. The number of alkyl halides is 3. The molecule has 0 aliphatic carbocycles. The highest BCUT2D eigenvalue weighted by Gasteiger charge is 2.38. The summed E-state index contributed by atoms with van der Waals surface area (Å²) >= 11 is 0. The second-order valence-electron chi connectivity index (χ2n) is 9.62. The molecule has 0 bridgehead atoms. The van der Waals surface area contributed by atoms with Gasteiger partial charge in [-0.05, 0) is 79.9 Å². The van der Waals surface area contributed by atoms with Crippen molar-refractivity contribution in [1.29, 1.82) is 0 Å². The molecular formula is C27H32F4N6O. The summed E-state index contributed by atoms with van der Waals surface area (Å²) in [5.74, 6) is -1.44. The van der Waals surface area contributed by atoms with Crippen molar-refractivity contribution in [1.82, 2.24) is 16.0 Å². The van der Waals surface area contributed by atoms with Crippen molar-refractivity contribution in [2.45, 2.75) is 38.7 Å². The fourth-order valence-electron chi connectivity index (χ4n) is 4.43. The summed E-state index contributed by atoms with van der Waals surface area (Å²) in [7, 11) is 0. The molecule has 0 aromatic heterocycles. The lowest BCUT2D eigenvalue weighted by Crippen LogP contribution is -2.51. The van der Waals surface area contributed by atoms with E-state index in [1.165, 1.54) is 11.0 Å². The minimum atomic E-state index is -4.86. The second kappa shape index (κ2) is 11.5. The molecule has 7 nitrogen and oxygen atoms in total. The minimum Gasteiger partial charge on any atom is -0.361 e. The number of amides is 2. The molecule has 204 valence electrons. The molecule has 38 heavy (non-hydrogen) atoms. The van der Waals surface area contributed by atoms with Crippen LogP contribution in [-0.2, 0) is 19.1 Å². The van der Waals surface area contributed by atoms with Crippen molar-refractivity contribution < 1.29 is 22.4 Å². The lowest BCUT2D eigenvalue weighted by atomic mass is 9.95. The van der Waals surface area contributed by atoms with Crippen LogP contribution in [0.5, 0.6) is 0 Å². The van der Waals surface area contributed by atoms with Gasteiger partial charge in [0.2, 0.25) is 0 Å². The Kier molecular flexibility index (Phi) is 8.39. The summed E-state index contributed by atoms with van der Waals surface area (Å²) in [5, 5.41) is 9.02. The first-order valence-electron chi connectivity index (χ1n) is 12.5. The predicted octanol–water partition coefficient (Wildman–Crippen LogP) is 3.80. The van der Waals surface area contributed by atoms with Crippen LogP contribution in [0.1, 0.15) is 35.6 Å². The Bertz CT molecular complexity index is 1230. The molecule has 0 saturated heterocycles. The molecular weight excluding hydrogens is 500 g/mol. The van der Waals surface area contributed by atoms with Gasteiger partial charge in [0.25, 0.3) is 0 Å². The molecule has 0 spiro atoms. The number of hydrogen-bond acceptors (Lipinski definition) is 5. The molecule has 2 aliphatic heterocycles. The molecule has 2 atom stereocenters. The Labute approximate surface area is 218 Å². The molecule has 0 fully saturated rings. The molecule has 2 unspecified atom stereocenters. The Morgan fingerprint density at radius 3 is 2.50 bits per heavy atom. The summed E-state index contributed by atoms with van der Waals surface area (Å²) in [6, 6.07) is 9.25. The highest BCUT2D eigenvalue weighted by atomic mass is 19.4. The number of hydrogen-bond donors (Lipinski definition) is 5. The van der Waals surface area contributed by atoms with Crippen LogP contribution in [-0.4, -0.2) is 31.8 Å². The Balaban J connectivity index is 1.60. The number of nitrogens with zero attached hydrogens (tertiary/aromatic N) is 1. The van der Waals surface area contributed by atoms with Gasteiger partial charge in [-0.15, -0.1) is 0 Å². The van der Waals surface area contributed by atoms with Crippen LogP contribution < -0.4 is 32.3 Å². The summed E-state index contributed by atoms with van der Waals surface area (Å²) in [5.41, 5.74) is 12.3. The van der Waals surface area contributed by atoms with Crippen molar-refractivity contribution in [2.75, 3.05) is 24.5 Å². The number of rotatable bonds is 10. The van der Waals surface area contributed by atoms with Gasteiger partial charge in [0, 0.05) is 29.6 Å². The number of nitrogens with one attached hydrogen (secondary N) is 3. The average Bonchev–Trinajstić information content (AvgIpc) is 3.29. The van der Waals surface area contributed by atoms with E-state index in [0.29, 0.717) is 29.9 Å². The second-order valence-corrected chi connectivity index (χ2v) is 9.62. The maximum Gasteiger partial charge on any atom is 0.419 e. The van der Waals surface area contributed by atoms with Gasteiger partial charge in [-0.3, -0.25) is 4.90 Å². The third kappa shape index (κ3) is 6.17. The fraction of sp³-hybridized carbons (Fsp3) is 0.370. The van der Waals surface area contributed by atoms with Crippen molar-refractivity contribution in [2.24, 2.45) is 17.4 Å². The van der Waals surface area contributed by atoms with E-state index < -0.39 is 29.8 Å². The number of carbonyl (C=O) groups excluding carboxylic acids is 1. The first-order valence-corrected chi connectivity index (χ1v) is 12.5. The van der Waals surface area contributed by atoms with Crippen LogP contribution in [0.25, 0.3) is 5.70 Å². The zero-order valence-corrected chi connectivity index (χ0v) is 21.0. The molecule has 2 amide bonds. The normalized spacial score (nSPS) is 17.9. The number of nitrogens with two attached hydrogens (primary N) is 2. The molecule has 2 aliphatic rings. The van der Waals surface area contributed by atoms with Crippen LogP contribution in [0.3, 0.4) is 0 Å². The van der Waals surface area contributed by atoms with E-state index in [4.69, 9.17) is 11.5 Å². The van der Waals surface area contributed by atoms with Crippen molar-refractivity contribution in [3.05, 3.63) is 82.3 Å². The number of fused-ring (bicyclic) bond motifs is 1. The van der Waals surface area contributed by atoms with Crippen molar-refractivity contribution in [3.63, 3.8) is 0 Å². The Morgan fingerprint density at radius 2 is 1.84 bits per heavy atom. The van der Waals surface area contributed by atoms with Gasteiger partial charge in [-0.2, -0.15) is 13.2 Å². The third-order valence-electron chi connectivity index (χ3n) is 6.52. The van der Waals surface area contributed by atoms with Crippen LogP contribution >= 0.6 is 0 Å². The number of benzene rings is 2. The van der Waals surface area contributed by atoms with E-state index in [2.05, 4.69) is 16.0 Å². The molecule has 2 heterocycles. The van der Waals surface area contributed by atoms with Crippen LogP contribution in [0, 0.1) is 11.7 Å². The molecule has 0 saturated carbocycles. The van der Waals surface area contributed by atoms with Crippen molar-refractivity contribution >= 4 is 17.4 Å². The SMILES string of the molecule is CC(CN)Cc1cc(C2=CC3=CN(c4ccc(CNCCCN)cc4)C(=O)NC3N2)c(F)c(C(F)(F)F)c1. The van der Waals surface area contributed by atoms with Gasteiger partial charge < -0.3 is 27.4 Å². The summed E-state index contributed by atoms with van der Waals surface area (Å²) in [6.07, 6.45) is -1.25. The number of halogens is 4. The fourth-order valence-corrected chi connectivity index (χ4v) is 4.43. The van der Waals surface area contributed by atoms with Gasteiger partial charge in [0.15, 0.2) is 0 Å². The monoisotopic (exact) mass is 532 g/mol. The number of anilines is 1. The van der Waals surface area contributed by atoms with Crippen LogP contribution in [0.4, 0.5) is 28.0 Å². The molecule has 4 rings (SSSR count). The van der Waals surface area contributed by atoms with Crippen molar-refractivity contribution in [3.8, 4) is 0 Å². The standard InChI is InChI=1S/C27H32F4N6O/c1-16(13-33)9-18-10-21(24(28)22(11-18)27(29,30)31)23-12-19-15-37(26(38)36-25(19)35-23)20-5-3-17(4-6-20)14-34-8-2-7-32/h3-6,10-12,15-16,25,34-35H,2,7-9,13-14,32-33H2,1H3,(H,36,38). The quantitative estimate of drug-likeness (QED) is 0.236. The highest BCUT2D eigenvalue weighted by molar-refractivity contribution is 5.96. The zero-order chi connectivity index (χ0) is 27.4. The van der Waals surface area contributed by atoms with E-state index in [1.807, 2.05) is 19.1 Å². The third-order valence-corrected chi connectivity index (χ3v) is 6.52. The van der Waals surface area contributed by atoms with Gasteiger partial charge in [0.1, 0.15) is 12.0 Å².